The topological polar surface area (TPSA) is 73.8 Å². The van der Waals surface area contributed by atoms with Crippen LogP contribution in [0, 0.1) is 23.5 Å². The van der Waals surface area contributed by atoms with E-state index in [4.69, 9.17) is 5.73 Å². The molecule has 31 heavy (non-hydrogen) atoms. The molecule has 0 saturated carbocycles. The first-order valence-corrected chi connectivity index (χ1v) is 9.22. The zero-order chi connectivity index (χ0) is 22.8. The molecule has 2 heterocycles. The van der Waals surface area contributed by atoms with Gasteiger partial charge in [-0.1, -0.05) is 5.92 Å². The van der Waals surface area contributed by atoms with Crippen LogP contribution in [0.5, 0.6) is 0 Å². The van der Waals surface area contributed by atoms with Crippen molar-refractivity contribution in [2.75, 3.05) is 0 Å². The van der Waals surface area contributed by atoms with Gasteiger partial charge in [0.25, 0.3) is 5.56 Å². The first kappa shape index (κ1) is 22.4. The van der Waals surface area contributed by atoms with Gasteiger partial charge in [-0.05, 0) is 37.3 Å². The molecule has 3 rings (SSSR count). The second-order valence-electron chi connectivity index (χ2n) is 6.77. The van der Waals surface area contributed by atoms with Crippen LogP contribution in [0.3, 0.4) is 0 Å². The first-order valence-electron chi connectivity index (χ1n) is 9.22. The van der Waals surface area contributed by atoms with Gasteiger partial charge < -0.3 is 10.3 Å². The van der Waals surface area contributed by atoms with Crippen LogP contribution in [0.25, 0.3) is 22.2 Å². The molecule has 1 unspecified atom stereocenters. The minimum absolute atomic E-state index is 0.0761. The van der Waals surface area contributed by atoms with E-state index in [2.05, 4.69) is 21.8 Å². The van der Waals surface area contributed by atoms with Crippen molar-refractivity contribution in [2.45, 2.75) is 38.5 Å². The summed E-state index contributed by atoms with van der Waals surface area (Å²) < 4.78 is 68.6. The van der Waals surface area contributed by atoms with Crippen LogP contribution in [0.1, 0.15) is 25.3 Å². The molecule has 5 nitrogen and oxygen atoms in total. The van der Waals surface area contributed by atoms with Gasteiger partial charge in [0, 0.05) is 25.1 Å². The second-order valence-corrected chi connectivity index (χ2v) is 6.77. The summed E-state index contributed by atoms with van der Waals surface area (Å²) in [5, 5.41) is -0.388. The smallest absolute Gasteiger partial charge is 0.318 e. The molecule has 0 bridgehead atoms. The molecule has 2 N–H and O–H groups in total. The molecule has 3 aromatic rings. The largest absolute Gasteiger partial charge is 0.419 e. The number of fused-ring (bicyclic) bond motifs is 1. The Hall–Kier alpha value is -3.32. The number of pyridine rings is 1. The Morgan fingerprint density at radius 1 is 1.19 bits per heavy atom. The molecule has 10 heteroatoms. The lowest BCUT2D eigenvalue weighted by molar-refractivity contribution is -0.138. The van der Waals surface area contributed by atoms with Crippen LogP contribution < -0.4 is 11.3 Å². The van der Waals surface area contributed by atoms with Gasteiger partial charge in [-0.15, -0.1) is 5.92 Å². The van der Waals surface area contributed by atoms with E-state index in [1.54, 1.807) is 6.92 Å². The minimum Gasteiger partial charge on any atom is -0.318 e. The fourth-order valence-electron chi connectivity index (χ4n) is 3.07. The summed E-state index contributed by atoms with van der Waals surface area (Å²) in [6.07, 6.45) is -1.25. The average molecular weight is 436 g/mol. The molecule has 0 spiro atoms. The Balaban J connectivity index is 1.97. The van der Waals surface area contributed by atoms with E-state index in [1.807, 2.05) is 0 Å². The maximum Gasteiger partial charge on any atom is 0.419 e. The standard InChI is InChI=1S/C21H17F5N4O/c1-2-4-14(27)5-3-7-30-8-6-12-9-15(17(22)18(23)16(12)20(30)31)19-28-10-13(11-29-19)21(24,25)26/h6,8-11,14H,3,5,7,27H2,1H3. The van der Waals surface area contributed by atoms with Crippen molar-refractivity contribution in [2.24, 2.45) is 5.73 Å². The summed E-state index contributed by atoms with van der Waals surface area (Å²) >= 11 is 0. The van der Waals surface area contributed by atoms with Crippen molar-refractivity contribution in [3.63, 3.8) is 0 Å². The molecule has 0 aliphatic rings. The third-order valence-corrected chi connectivity index (χ3v) is 4.61. The van der Waals surface area contributed by atoms with Crippen LogP contribution in [0.2, 0.25) is 0 Å². The van der Waals surface area contributed by atoms with Gasteiger partial charge in [0.1, 0.15) is 0 Å². The lowest BCUT2D eigenvalue weighted by Gasteiger charge is -2.11. The van der Waals surface area contributed by atoms with Gasteiger partial charge in [0.15, 0.2) is 17.5 Å². The third-order valence-electron chi connectivity index (χ3n) is 4.61. The molecule has 0 amide bonds. The molecule has 2 aromatic heterocycles. The lowest BCUT2D eigenvalue weighted by atomic mass is 10.1. The number of alkyl halides is 3. The van der Waals surface area contributed by atoms with E-state index in [0.717, 1.165) is 6.07 Å². The number of aromatic nitrogens is 3. The normalized spacial score (nSPS) is 12.5. The van der Waals surface area contributed by atoms with Crippen LogP contribution in [0.4, 0.5) is 22.0 Å². The number of benzene rings is 1. The van der Waals surface area contributed by atoms with Crippen molar-refractivity contribution < 1.29 is 22.0 Å². The Bertz CT molecular complexity index is 1220. The molecule has 1 aromatic carbocycles. The van der Waals surface area contributed by atoms with E-state index in [-0.39, 0.29) is 18.0 Å². The van der Waals surface area contributed by atoms with E-state index in [9.17, 15) is 26.7 Å². The van der Waals surface area contributed by atoms with Crippen molar-refractivity contribution in [3.05, 3.63) is 58.3 Å². The number of nitrogens with two attached hydrogens (primary N) is 1. The highest BCUT2D eigenvalue weighted by molar-refractivity contribution is 5.86. The van der Waals surface area contributed by atoms with Crippen molar-refractivity contribution >= 4 is 10.8 Å². The Labute approximate surface area is 173 Å². The number of rotatable bonds is 5. The first-order chi connectivity index (χ1) is 14.6. The molecule has 1 atom stereocenters. The SMILES string of the molecule is CC#CC(N)CCCn1ccc2cc(-c3ncc(C(F)(F)F)cn3)c(F)c(F)c2c1=O. The van der Waals surface area contributed by atoms with Crippen molar-refractivity contribution in [1.82, 2.24) is 14.5 Å². The Morgan fingerprint density at radius 2 is 1.87 bits per heavy atom. The summed E-state index contributed by atoms with van der Waals surface area (Å²) in [4.78, 5) is 19.6. The summed E-state index contributed by atoms with van der Waals surface area (Å²) in [5.74, 6) is 2.22. The number of aryl methyl sites for hydroxylation is 1. The molecule has 0 aliphatic carbocycles. The predicted octanol–water partition coefficient (Wildman–Crippen LogP) is 3.89. The van der Waals surface area contributed by atoms with Crippen LogP contribution >= 0.6 is 0 Å². The Kier molecular flexibility index (Phi) is 6.36. The number of hydrogen-bond acceptors (Lipinski definition) is 4. The molecular weight excluding hydrogens is 419 g/mol. The van der Waals surface area contributed by atoms with E-state index in [1.165, 1.54) is 16.8 Å². The minimum atomic E-state index is -4.66. The maximum absolute atomic E-state index is 14.7. The fraction of sp³-hybridized carbons (Fsp3) is 0.286. The van der Waals surface area contributed by atoms with Gasteiger partial charge in [-0.25, -0.2) is 18.7 Å². The highest BCUT2D eigenvalue weighted by Gasteiger charge is 2.31. The summed E-state index contributed by atoms with van der Waals surface area (Å²) in [7, 11) is 0. The van der Waals surface area contributed by atoms with Crippen LogP contribution in [0.15, 0.2) is 35.5 Å². The van der Waals surface area contributed by atoms with Gasteiger partial charge >= 0.3 is 6.18 Å². The molecule has 162 valence electrons. The van der Waals surface area contributed by atoms with Gasteiger partial charge in [0.05, 0.1) is 22.6 Å². The predicted molar refractivity (Wildman–Crippen MR) is 105 cm³/mol. The van der Waals surface area contributed by atoms with E-state index in [0.29, 0.717) is 25.2 Å². The second kappa shape index (κ2) is 8.81. The van der Waals surface area contributed by atoms with Crippen molar-refractivity contribution in [1.29, 1.82) is 0 Å². The zero-order valence-corrected chi connectivity index (χ0v) is 16.3. The highest BCUT2D eigenvalue weighted by atomic mass is 19.4. The monoisotopic (exact) mass is 436 g/mol. The third kappa shape index (κ3) is 4.72. The van der Waals surface area contributed by atoms with Crippen molar-refractivity contribution in [3.8, 4) is 23.2 Å². The molecule has 0 radical (unpaired) electrons. The average Bonchev–Trinajstić information content (AvgIpc) is 2.71. The summed E-state index contributed by atoms with van der Waals surface area (Å²) in [6.45, 7) is 1.90. The van der Waals surface area contributed by atoms with E-state index < -0.39 is 45.7 Å². The number of halogens is 5. The fourth-order valence-corrected chi connectivity index (χ4v) is 3.07. The molecular formula is C21H17F5N4O. The number of hydrogen-bond donors (Lipinski definition) is 1. The van der Waals surface area contributed by atoms with Gasteiger partial charge in [0.2, 0.25) is 0 Å². The molecule has 0 saturated heterocycles. The van der Waals surface area contributed by atoms with Crippen LogP contribution in [-0.4, -0.2) is 20.6 Å². The highest BCUT2D eigenvalue weighted by Crippen LogP contribution is 2.30. The molecule has 0 fully saturated rings. The summed E-state index contributed by atoms with van der Waals surface area (Å²) in [5.41, 5.74) is 3.48. The van der Waals surface area contributed by atoms with Gasteiger partial charge in [-0.3, -0.25) is 4.79 Å². The lowest BCUT2D eigenvalue weighted by Crippen LogP contribution is -2.23. The quantitative estimate of drug-likeness (QED) is 0.487. The maximum atomic E-state index is 14.7. The zero-order valence-electron chi connectivity index (χ0n) is 16.3. The van der Waals surface area contributed by atoms with Crippen LogP contribution in [-0.2, 0) is 12.7 Å². The molecule has 0 aliphatic heterocycles. The van der Waals surface area contributed by atoms with E-state index >= 15 is 0 Å². The van der Waals surface area contributed by atoms with Gasteiger partial charge in [-0.2, -0.15) is 13.2 Å². The summed E-state index contributed by atoms with van der Waals surface area (Å²) in [6, 6.07) is 2.20. The Morgan fingerprint density at radius 3 is 2.48 bits per heavy atom. The number of nitrogens with zero attached hydrogens (tertiary/aromatic N) is 3.